The maximum atomic E-state index is 6.07. The van der Waals surface area contributed by atoms with E-state index in [4.69, 9.17) is 10.5 Å². The second-order valence-corrected chi connectivity index (χ2v) is 5.58. The molecule has 4 nitrogen and oxygen atoms in total. The summed E-state index contributed by atoms with van der Waals surface area (Å²) >= 11 is 1.67. The van der Waals surface area contributed by atoms with Crippen LogP contribution in [0.25, 0.3) is 10.2 Å². The van der Waals surface area contributed by atoms with Crippen molar-refractivity contribution in [1.82, 2.24) is 4.98 Å². The average molecular weight is 265 g/mol. The number of aryl methyl sites for hydroxylation is 1. The van der Waals surface area contributed by atoms with Crippen molar-refractivity contribution in [2.45, 2.75) is 26.3 Å². The van der Waals surface area contributed by atoms with Gasteiger partial charge in [-0.1, -0.05) is 6.92 Å². The maximum Gasteiger partial charge on any atom is 0.0907 e. The second kappa shape index (κ2) is 5.54. The number of fused-ring (bicyclic) bond motifs is 1. The summed E-state index contributed by atoms with van der Waals surface area (Å²) in [6, 6.07) is 4.28. The summed E-state index contributed by atoms with van der Waals surface area (Å²) in [6.45, 7) is 4.80. The number of nitrogen functional groups attached to an aromatic ring is 1. The van der Waals surface area contributed by atoms with Crippen LogP contribution < -0.4 is 11.1 Å². The monoisotopic (exact) mass is 265 g/mol. The lowest BCUT2D eigenvalue weighted by Gasteiger charge is -2.18. The molecule has 1 atom stereocenters. The predicted molar refractivity (Wildman–Crippen MR) is 78.3 cm³/mol. The van der Waals surface area contributed by atoms with Gasteiger partial charge in [0.25, 0.3) is 0 Å². The highest BCUT2D eigenvalue weighted by atomic mass is 32.1. The van der Waals surface area contributed by atoms with Crippen molar-refractivity contribution >= 4 is 32.9 Å². The van der Waals surface area contributed by atoms with Crippen LogP contribution >= 0.6 is 11.3 Å². The summed E-state index contributed by atoms with van der Waals surface area (Å²) in [5.74, 6) is 0. The standard InChI is InChI=1S/C13H19N3OS/c1-4-9(7-17-3)16-11-6-12-13(5-10(11)14)18-8(2)15-12/h5-6,9,16H,4,7,14H2,1-3H3. The van der Waals surface area contributed by atoms with Crippen LogP contribution in [0.15, 0.2) is 12.1 Å². The molecule has 0 radical (unpaired) electrons. The summed E-state index contributed by atoms with van der Waals surface area (Å²) in [7, 11) is 1.71. The Bertz CT molecular complexity index is 538. The van der Waals surface area contributed by atoms with E-state index >= 15 is 0 Å². The van der Waals surface area contributed by atoms with E-state index in [2.05, 4.69) is 17.2 Å². The number of anilines is 2. The summed E-state index contributed by atoms with van der Waals surface area (Å²) in [4.78, 5) is 4.49. The largest absolute Gasteiger partial charge is 0.397 e. The van der Waals surface area contributed by atoms with E-state index in [1.165, 1.54) is 0 Å². The fraction of sp³-hybridized carbons (Fsp3) is 0.462. The number of hydrogen-bond acceptors (Lipinski definition) is 5. The van der Waals surface area contributed by atoms with Crippen molar-refractivity contribution in [1.29, 1.82) is 0 Å². The predicted octanol–water partition coefficient (Wildman–Crippen LogP) is 3.02. The smallest absolute Gasteiger partial charge is 0.0907 e. The van der Waals surface area contributed by atoms with E-state index in [0.717, 1.165) is 33.0 Å². The zero-order valence-electron chi connectivity index (χ0n) is 11.0. The first kappa shape index (κ1) is 13.1. The van der Waals surface area contributed by atoms with Crippen molar-refractivity contribution < 1.29 is 4.74 Å². The number of aromatic nitrogens is 1. The lowest BCUT2D eigenvalue weighted by atomic mass is 10.2. The molecule has 0 saturated heterocycles. The zero-order chi connectivity index (χ0) is 13.1. The molecular formula is C13H19N3OS. The molecule has 1 aromatic carbocycles. The number of hydrogen-bond donors (Lipinski definition) is 2. The molecule has 2 aromatic rings. The summed E-state index contributed by atoms with van der Waals surface area (Å²) in [5, 5.41) is 4.47. The van der Waals surface area contributed by atoms with E-state index < -0.39 is 0 Å². The van der Waals surface area contributed by atoms with Gasteiger partial charge < -0.3 is 15.8 Å². The minimum absolute atomic E-state index is 0.273. The molecule has 0 amide bonds. The van der Waals surface area contributed by atoms with Gasteiger partial charge in [-0.25, -0.2) is 4.98 Å². The van der Waals surface area contributed by atoms with Crippen LogP contribution in [0.3, 0.4) is 0 Å². The molecule has 0 aliphatic heterocycles. The van der Waals surface area contributed by atoms with Crippen LogP contribution in [-0.4, -0.2) is 24.7 Å². The molecule has 98 valence electrons. The van der Waals surface area contributed by atoms with Gasteiger partial charge in [-0.2, -0.15) is 0 Å². The van der Waals surface area contributed by atoms with Gasteiger partial charge in [0.1, 0.15) is 0 Å². The summed E-state index contributed by atoms with van der Waals surface area (Å²) in [5.41, 5.74) is 8.78. The van der Waals surface area contributed by atoms with E-state index in [1.807, 2.05) is 19.1 Å². The van der Waals surface area contributed by atoms with Crippen molar-refractivity contribution in [2.24, 2.45) is 0 Å². The molecule has 3 N–H and O–H groups in total. The number of methoxy groups -OCH3 is 1. The van der Waals surface area contributed by atoms with Gasteiger partial charge in [0, 0.05) is 13.2 Å². The lowest BCUT2D eigenvalue weighted by molar-refractivity contribution is 0.184. The third-order valence-electron chi connectivity index (χ3n) is 2.89. The number of nitrogens with zero attached hydrogens (tertiary/aromatic N) is 1. The Hall–Kier alpha value is -1.33. The van der Waals surface area contributed by atoms with Crippen molar-refractivity contribution in [3.8, 4) is 0 Å². The molecule has 0 spiro atoms. The van der Waals surface area contributed by atoms with Gasteiger partial charge in [0.15, 0.2) is 0 Å². The number of benzene rings is 1. The number of nitrogens with two attached hydrogens (primary N) is 1. The molecule has 0 aliphatic rings. The van der Waals surface area contributed by atoms with Crippen LogP contribution in [0.2, 0.25) is 0 Å². The highest BCUT2D eigenvalue weighted by Crippen LogP contribution is 2.30. The Kier molecular flexibility index (Phi) is 4.04. The molecule has 2 rings (SSSR count). The molecule has 1 unspecified atom stereocenters. The zero-order valence-corrected chi connectivity index (χ0v) is 11.8. The fourth-order valence-corrected chi connectivity index (χ4v) is 2.77. The molecule has 1 aromatic heterocycles. The van der Waals surface area contributed by atoms with Crippen LogP contribution in [0.4, 0.5) is 11.4 Å². The number of rotatable bonds is 5. The van der Waals surface area contributed by atoms with Gasteiger partial charge >= 0.3 is 0 Å². The third-order valence-corrected chi connectivity index (χ3v) is 3.82. The molecule has 0 saturated carbocycles. The number of nitrogens with one attached hydrogen (secondary N) is 1. The average Bonchev–Trinajstić information content (AvgIpc) is 2.68. The molecule has 0 fully saturated rings. The van der Waals surface area contributed by atoms with Crippen molar-refractivity contribution in [3.05, 3.63) is 17.1 Å². The fourth-order valence-electron chi connectivity index (χ4n) is 1.91. The Balaban J connectivity index is 2.29. The van der Waals surface area contributed by atoms with Gasteiger partial charge in [-0.15, -0.1) is 11.3 Å². The van der Waals surface area contributed by atoms with E-state index in [1.54, 1.807) is 18.4 Å². The minimum atomic E-state index is 0.273. The lowest BCUT2D eigenvalue weighted by Crippen LogP contribution is -2.24. The topological polar surface area (TPSA) is 60.2 Å². The van der Waals surface area contributed by atoms with Crippen molar-refractivity contribution in [2.75, 3.05) is 24.8 Å². The van der Waals surface area contributed by atoms with Crippen LogP contribution in [-0.2, 0) is 4.74 Å². The number of ether oxygens (including phenoxy) is 1. The van der Waals surface area contributed by atoms with Crippen LogP contribution in [0.1, 0.15) is 18.4 Å². The molecule has 5 heteroatoms. The SMILES string of the molecule is CCC(COC)Nc1cc2nc(C)sc2cc1N. The Labute approximate surface area is 111 Å². The van der Waals surface area contributed by atoms with E-state index in [9.17, 15) is 0 Å². The van der Waals surface area contributed by atoms with Crippen molar-refractivity contribution in [3.63, 3.8) is 0 Å². The first-order valence-corrected chi connectivity index (χ1v) is 6.87. The number of thiazole rings is 1. The first-order valence-electron chi connectivity index (χ1n) is 6.06. The summed E-state index contributed by atoms with van der Waals surface area (Å²) < 4.78 is 6.32. The molecular weight excluding hydrogens is 246 g/mol. The van der Waals surface area contributed by atoms with Gasteiger partial charge in [0.05, 0.1) is 33.2 Å². The highest BCUT2D eigenvalue weighted by Gasteiger charge is 2.10. The van der Waals surface area contributed by atoms with E-state index in [-0.39, 0.29) is 6.04 Å². The van der Waals surface area contributed by atoms with Crippen LogP contribution in [0.5, 0.6) is 0 Å². The highest BCUT2D eigenvalue weighted by molar-refractivity contribution is 7.18. The van der Waals surface area contributed by atoms with Gasteiger partial charge in [-0.05, 0) is 25.5 Å². The molecule has 18 heavy (non-hydrogen) atoms. The molecule has 0 aliphatic carbocycles. The Morgan fingerprint density at radius 2 is 2.28 bits per heavy atom. The van der Waals surface area contributed by atoms with E-state index in [0.29, 0.717) is 6.61 Å². The van der Waals surface area contributed by atoms with Gasteiger partial charge in [0.2, 0.25) is 0 Å². The first-order chi connectivity index (χ1) is 8.63. The van der Waals surface area contributed by atoms with Gasteiger partial charge in [-0.3, -0.25) is 0 Å². The third kappa shape index (κ3) is 2.73. The van der Waals surface area contributed by atoms with Crippen LogP contribution in [0, 0.1) is 6.92 Å². The second-order valence-electron chi connectivity index (χ2n) is 4.34. The minimum Gasteiger partial charge on any atom is -0.397 e. The quantitative estimate of drug-likeness (QED) is 0.816. The molecule has 0 bridgehead atoms. The maximum absolute atomic E-state index is 6.07. The normalized spacial score (nSPS) is 12.8. The molecule has 1 heterocycles. The Morgan fingerprint density at radius 3 is 2.94 bits per heavy atom. The Morgan fingerprint density at radius 1 is 1.50 bits per heavy atom. The summed E-state index contributed by atoms with van der Waals surface area (Å²) in [6.07, 6.45) is 0.988.